The molecule has 1 aromatic carbocycles. The molecule has 3 aliphatic carbocycles. The summed E-state index contributed by atoms with van der Waals surface area (Å²) < 4.78 is 10.5. The maximum Gasteiger partial charge on any atom is 0.232 e. The van der Waals surface area contributed by atoms with Crippen LogP contribution >= 0.6 is 0 Å². The van der Waals surface area contributed by atoms with Gasteiger partial charge in [0, 0.05) is 40.3 Å². The van der Waals surface area contributed by atoms with E-state index in [9.17, 15) is 9.90 Å². The average molecular weight is 473 g/mol. The molecule has 6 heteroatoms. The molecule has 1 aromatic rings. The maximum atomic E-state index is 12.9. The van der Waals surface area contributed by atoms with Crippen LogP contribution in [0.15, 0.2) is 36.4 Å². The third-order valence-corrected chi connectivity index (χ3v) is 7.79. The van der Waals surface area contributed by atoms with Crippen LogP contribution in [0.2, 0.25) is 0 Å². The van der Waals surface area contributed by atoms with Gasteiger partial charge in [0.25, 0.3) is 0 Å². The van der Waals surface area contributed by atoms with Gasteiger partial charge in [0.05, 0.1) is 24.2 Å². The van der Waals surface area contributed by atoms with Crippen LogP contribution in [0, 0.1) is 17.3 Å². The molecule has 4 rings (SSSR count). The Bertz CT molecular complexity index is 821. The van der Waals surface area contributed by atoms with Gasteiger partial charge in [0.1, 0.15) is 0 Å². The fourth-order valence-electron chi connectivity index (χ4n) is 5.87. The smallest absolute Gasteiger partial charge is 0.232 e. The quantitative estimate of drug-likeness (QED) is 0.474. The highest BCUT2D eigenvalue weighted by atomic mass is 16.5. The Balaban J connectivity index is 1.46. The van der Waals surface area contributed by atoms with Gasteiger partial charge in [-0.25, -0.2) is 0 Å². The third kappa shape index (κ3) is 6.28. The molecule has 0 unspecified atom stereocenters. The maximum absolute atomic E-state index is 12.9. The van der Waals surface area contributed by atoms with E-state index in [0.717, 1.165) is 38.8 Å². The molecule has 1 amide bonds. The molecule has 34 heavy (non-hydrogen) atoms. The summed E-state index contributed by atoms with van der Waals surface area (Å²) >= 11 is 0. The fourth-order valence-corrected chi connectivity index (χ4v) is 5.87. The van der Waals surface area contributed by atoms with Crippen LogP contribution in [0.3, 0.4) is 0 Å². The number of carbonyl (C=O) groups is 1. The summed E-state index contributed by atoms with van der Waals surface area (Å²) in [5.74, 6) is 0.743. The van der Waals surface area contributed by atoms with Gasteiger partial charge in [-0.2, -0.15) is 0 Å². The highest BCUT2D eigenvalue weighted by Crippen LogP contribution is 2.51. The Hall–Kier alpha value is -1.73. The predicted octanol–water partition coefficient (Wildman–Crippen LogP) is 3.70. The van der Waals surface area contributed by atoms with Crippen molar-refractivity contribution < 1.29 is 19.4 Å². The number of fused-ring (bicyclic) bond motifs is 2. The Morgan fingerprint density at radius 1 is 1.09 bits per heavy atom. The Kier molecular flexibility index (Phi) is 9.33. The van der Waals surface area contributed by atoms with Crippen LogP contribution < -0.4 is 0 Å². The van der Waals surface area contributed by atoms with Gasteiger partial charge in [-0.15, -0.1) is 0 Å². The minimum Gasteiger partial charge on any atom is -0.389 e. The highest BCUT2D eigenvalue weighted by Gasteiger charge is 2.46. The number of hydrogen-bond acceptors (Lipinski definition) is 5. The molecule has 0 aliphatic heterocycles. The van der Waals surface area contributed by atoms with E-state index in [1.165, 1.54) is 17.6 Å². The number of ether oxygens (including phenoxy) is 2. The monoisotopic (exact) mass is 472 g/mol. The molecule has 2 bridgehead atoms. The van der Waals surface area contributed by atoms with Gasteiger partial charge < -0.3 is 24.4 Å². The Morgan fingerprint density at radius 3 is 2.35 bits per heavy atom. The molecule has 1 saturated carbocycles. The molecular weight excluding hydrogens is 428 g/mol. The van der Waals surface area contributed by atoms with E-state index in [2.05, 4.69) is 48.4 Å². The second-order valence-electron chi connectivity index (χ2n) is 10.7. The lowest BCUT2D eigenvalue weighted by Gasteiger charge is -2.48. The molecule has 0 heterocycles. The van der Waals surface area contributed by atoms with E-state index in [4.69, 9.17) is 9.47 Å². The van der Waals surface area contributed by atoms with E-state index in [1.54, 1.807) is 19.1 Å². The minimum atomic E-state index is -0.667. The highest BCUT2D eigenvalue weighted by molar-refractivity contribution is 5.82. The molecule has 1 N–H and O–H groups in total. The first-order chi connectivity index (χ1) is 16.2. The second kappa shape index (κ2) is 11.8. The van der Waals surface area contributed by atoms with Crippen molar-refractivity contribution in [1.29, 1.82) is 0 Å². The molecule has 0 saturated heterocycles. The molecule has 0 aromatic heterocycles. The summed E-state index contributed by atoms with van der Waals surface area (Å²) in [6.07, 6.45) is 7.14. The van der Waals surface area contributed by atoms with Crippen molar-refractivity contribution in [3.63, 3.8) is 0 Å². The summed E-state index contributed by atoms with van der Waals surface area (Å²) in [4.78, 5) is 17.0. The molecule has 0 radical (unpaired) electrons. The zero-order valence-electron chi connectivity index (χ0n) is 21.8. The van der Waals surface area contributed by atoms with E-state index >= 15 is 0 Å². The van der Waals surface area contributed by atoms with E-state index in [0.29, 0.717) is 25.7 Å². The van der Waals surface area contributed by atoms with Crippen LogP contribution in [0.5, 0.6) is 0 Å². The number of amides is 1. The fraction of sp³-hybridized carbons (Fsp3) is 0.679. The number of nitrogens with zero attached hydrogens (tertiary/aromatic N) is 2. The lowest BCUT2D eigenvalue weighted by atomic mass is 9.61. The number of rotatable bonds is 13. The number of benzene rings is 1. The summed E-state index contributed by atoms with van der Waals surface area (Å²) in [5.41, 5.74) is 1.46. The summed E-state index contributed by atoms with van der Waals surface area (Å²) in [6, 6.07) is 10.6. The first-order valence-electron chi connectivity index (χ1n) is 12.6. The number of aliphatic hydroxyl groups is 1. The van der Waals surface area contributed by atoms with Crippen LogP contribution in [-0.4, -0.2) is 87.6 Å². The molecule has 3 atom stereocenters. The number of allylic oxidation sites excluding steroid dienone is 1. The Labute approximate surface area is 205 Å². The molecular formula is C28H44N2O4. The molecule has 1 fully saturated rings. The molecule has 0 spiro atoms. The van der Waals surface area contributed by atoms with Gasteiger partial charge in [0.15, 0.2) is 0 Å². The van der Waals surface area contributed by atoms with Crippen molar-refractivity contribution in [3.8, 4) is 0 Å². The van der Waals surface area contributed by atoms with Crippen molar-refractivity contribution in [2.45, 2.75) is 44.6 Å². The SMILES string of the molecule is COCC(C)(COC)C(=O)N(C)CCCN(C)CC[C@]1(O)C[C@H]2CC[C@@H]1C=C2c1ccccc1. The molecule has 3 aliphatic rings. The number of methoxy groups -OCH3 is 2. The van der Waals surface area contributed by atoms with Crippen molar-refractivity contribution in [2.75, 3.05) is 61.2 Å². The van der Waals surface area contributed by atoms with Crippen LogP contribution in [0.25, 0.3) is 5.57 Å². The van der Waals surface area contributed by atoms with Crippen molar-refractivity contribution in [3.05, 3.63) is 42.0 Å². The van der Waals surface area contributed by atoms with Gasteiger partial charge in [-0.1, -0.05) is 36.4 Å². The van der Waals surface area contributed by atoms with Crippen LogP contribution in [-0.2, 0) is 14.3 Å². The van der Waals surface area contributed by atoms with Crippen molar-refractivity contribution >= 4 is 11.5 Å². The minimum absolute atomic E-state index is 0.0485. The zero-order valence-corrected chi connectivity index (χ0v) is 21.8. The van der Waals surface area contributed by atoms with E-state index in [-0.39, 0.29) is 11.8 Å². The summed E-state index contributed by atoms with van der Waals surface area (Å²) in [7, 11) is 7.18. The lowest BCUT2D eigenvalue weighted by Crippen LogP contribution is -2.48. The zero-order chi connectivity index (χ0) is 24.8. The molecule has 190 valence electrons. The lowest BCUT2D eigenvalue weighted by molar-refractivity contribution is -0.146. The second-order valence-corrected chi connectivity index (χ2v) is 10.7. The van der Waals surface area contributed by atoms with E-state index in [1.807, 2.05) is 14.0 Å². The first-order valence-corrected chi connectivity index (χ1v) is 12.6. The van der Waals surface area contributed by atoms with Crippen LogP contribution in [0.1, 0.15) is 44.6 Å². The standard InChI is InChI=1S/C28H44N2O4/c1-27(20-33-4,21-34-5)26(31)30(3)16-9-15-29(2)17-14-28(32)19-23-12-13-24(28)18-25(23)22-10-7-6-8-11-22/h6-8,10-11,18,23-24,32H,9,12-17,19-21H2,1-5H3/t23-,24-,28+/m1/s1. The predicted molar refractivity (Wildman–Crippen MR) is 136 cm³/mol. The average Bonchev–Trinajstić information content (AvgIpc) is 2.83. The van der Waals surface area contributed by atoms with Gasteiger partial charge >= 0.3 is 0 Å². The van der Waals surface area contributed by atoms with Crippen molar-refractivity contribution in [2.24, 2.45) is 17.3 Å². The third-order valence-electron chi connectivity index (χ3n) is 7.79. The van der Waals surface area contributed by atoms with E-state index < -0.39 is 11.0 Å². The normalized spacial score (nSPS) is 24.4. The van der Waals surface area contributed by atoms with Gasteiger partial charge in [-0.05, 0) is 69.7 Å². The number of hydrogen-bond donors (Lipinski definition) is 1. The Morgan fingerprint density at radius 2 is 1.76 bits per heavy atom. The number of carbonyl (C=O) groups excluding carboxylic acids is 1. The summed E-state index contributed by atoms with van der Waals surface area (Å²) in [6.45, 7) is 5.00. The largest absolute Gasteiger partial charge is 0.389 e. The van der Waals surface area contributed by atoms with Crippen molar-refractivity contribution in [1.82, 2.24) is 9.80 Å². The van der Waals surface area contributed by atoms with Gasteiger partial charge in [0.2, 0.25) is 5.91 Å². The topological polar surface area (TPSA) is 62.2 Å². The summed E-state index contributed by atoms with van der Waals surface area (Å²) in [5, 5.41) is 11.5. The van der Waals surface area contributed by atoms with Crippen LogP contribution in [0.4, 0.5) is 0 Å². The van der Waals surface area contributed by atoms with Gasteiger partial charge in [-0.3, -0.25) is 4.79 Å². The molecule has 6 nitrogen and oxygen atoms in total. The first kappa shape index (κ1) is 26.9.